The summed E-state index contributed by atoms with van der Waals surface area (Å²) in [6.45, 7) is 5.05. The molecule has 2 heterocycles. The molecule has 0 unspecified atom stereocenters. The number of hydrogen-bond acceptors (Lipinski definition) is 6. The number of aromatic nitrogens is 3. The van der Waals surface area contributed by atoms with Crippen molar-refractivity contribution in [1.82, 2.24) is 14.8 Å². The van der Waals surface area contributed by atoms with Crippen LogP contribution in [0.5, 0.6) is 11.5 Å². The van der Waals surface area contributed by atoms with E-state index in [1.807, 2.05) is 38.2 Å². The Morgan fingerprint density at radius 2 is 1.74 bits per heavy atom. The number of rotatable bonds is 8. The van der Waals surface area contributed by atoms with Gasteiger partial charge in [-0.1, -0.05) is 6.92 Å². The molecule has 27 heavy (non-hydrogen) atoms. The van der Waals surface area contributed by atoms with Gasteiger partial charge in [0, 0.05) is 18.6 Å². The van der Waals surface area contributed by atoms with Crippen molar-refractivity contribution < 1.29 is 19.0 Å². The first-order chi connectivity index (χ1) is 13.1. The maximum atomic E-state index is 12.2. The summed E-state index contributed by atoms with van der Waals surface area (Å²) in [5.41, 5.74) is 1.96. The number of nitrogens with zero attached hydrogens (tertiary/aromatic N) is 3. The third-order valence-electron chi connectivity index (χ3n) is 3.98. The minimum atomic E-state index is -0.431. The Labute approximate surface area is 157 Å². The Kier molecular flexibility index (Phi) is 5.90. The number of benzene rings is 1. The van der Waals surface area contributed by atoms with Gasteiger partial charge in [-0.3, -0.25) is 4.68 Å². The van der Waals surface area contributed by atoms with Crippen LogP contribution in [-0.4, -0.2) is 40.6 Å². The van der Waals surface area contributed by atoms with Crippen molar-refractivity contribution in [3.63, 3.8) is 0 Å². The Morgan fingerprint density at radius 3 is 2.41 bits per heavy atom. The van der Waals surface area contributed by atoms with Gasteiger partial charge >= 0.3 is 5.97 Å². The Morgan fingerprint density at radius 1 is 1.07 bits per heavy atom. The van der Waals surface area contributed by atoms with Gasteiger partial charge in [-0.25, -0.2) is 9.78 Å². The average Bonchev–Trinajstić information content (AvgIpc) is 2.97. The van der Waals surface area contributed by atoms with Crippen LogP contribution in [0.15, 0.2) is 36.5 Å². The highest BCUT2D eigenvalue weighted by molar-refractivity contribution is 5.93. The van der Waals surface area contributed by atoms with Crippen LogP contribution in [0.4, 0.5) is 0 Å². The molecule has 0 aliphatic heterocycles. The molecular weight excluding hydrogens is 346 g/mol. The average molecular weight is 369 g/mol. The molecule has 3 aromatic rings. The van der Waals surface area contributed by atoms with Crippen molar-refractivity contribution in [2.75, 3.05) is 19.8 Å². The normalized spacial score (nSPS) is 10.8. The number of fused-ring (bicyclic) bond motifs is 1. The predicted molar refractivity (Wildman–Crippen MR) is 101 cm³/mol. The highest BCUT2D eigenvalue weighted by atomic mass is 16.6. The lowest BCUT2D eigenvalue weighted by Gasteiger charge is -2.09. The van der Waals surface area contributed by atoms with E-state index in [2.05, 4.69) is 17.0 Å². The third-order valence-corrected chi connectivity index (χ3v) is 3.98. The van der Waals surface area contributed by atoms with E-state index in [0.29, 0.717) is 17.9 Å². The highest BCUT2D eigenvalue weighted by Gasteiger charge is 2.12. The number of aryl methyl sites for hydroxylation is 2. The summed E-state index contributed by atoms with van der Waals surface area (Å²) >= 11 is 0. The van der Waals surface area contributed by atoms with Gasteiger partial charge in [0.25, 0.3) is 0 Å². The van der Waals surface area contributed by atoms with Crippen LogP contribution in [0, 0.1) is 6.92 Å². The van der Waals surface area contributed by atoms with Crippen molar-refractivity contribution in [2.24, 2.45) is 7.05 Å². The Bertz CT molecular complexity index is 919. The van der Waals surface area contributed by atoms with Gasteiger partial charge in [0.2, 0.25) is 0 Å². The van der Waals surface area contributed by atoms with Crippen LogP contribution in [0.3, 0.4) is 0 Å². The minimum Gasteiger partial charge on any atom is -0.494 e. The molecule has 0 saturated heterocycles. The van der Waals surface area contributed by atoms with Gasteiger partial charge in [-0.2, -0.15) is 5.10 Å². The lowest BCUT2D eigenvalue weighted by atomic mass is 10.2. The molecule has 0 aliphatic carbocycles. The van der Waals surface area contributed by atoms with Crippen molar-refractivity contribution in [1.29, 1.82) is 0 Å². The number of esters is 1. The maximum Gasteiger partial charge on any atom is 0.339 e. The van der Waals surface area contributed by atoms with Crippen LogP contribution in [0.1, 0.15) is 29.4 Å². The molecule has 0 radical (unpaired) electrons. The lowest BCUT2D eigenvalue weighted by Crippen LogP contribution is -2.12. The van der Waals surface area contributed by atoms with Crippen LogP contribution in [0.25, 0.3) is 11.0 Å². The van der Waals surface area contributed by atoms with Crippen molar-refractivity contribution in [3.05, 3.63) is 47.8 Å². The summed E-state index contributed by atoms with van der Waals surface area (Å²) in [6.07, 6.45) is 2.47. The maximum absolute atomic E-state index is 12.2. The number of hydrogen-bond donors (Lipinski definition) is 0. The molecule has 0 fully saturated rings. The number of pyridine rings is 1. The quantitative estimate of drug-likeness (QED) is 0.448. The van der Waals surface area contributed by atoms with Crippen molar-refractivity contribution in [3.8, 4) is 11.5 Å². The zero-order valence-electron chi connectivity index (χ0n) is 15.8. The monoisotopic (exact) mass is 369 g/mol. The summed E-state index contributed by atoms with van der Waals surface area (Å²) in [5, 5.41) is 5.14. The van der Waals surface area contributed by atoms with E-state index in [4.69, 9.17) is 14.2 Å². The third kappa shape index (κ3) is 4.55. The van der Waals surface area contributed by atoms with Crippen LogP contribution < -0.4 is 9.47 Å². The van der Waals surface area contributed by atoms with Crippen LogP contribution in [-0.2, 0) is 11.8 Å². The molecule has 0 aliphatic rings. The molecule has 0 saturated carbocycles. The molecule has 2 aromatic heterocycles. The van der Waals surface area contributed by atoms with E-state index >= 15 is 0 Å². The molecule has 0 spiro atoms. The zero-order valence-corrected chi connectivity index (χ0v) is 15.8. The fourth-order valence-corrected chi connectivity index (χ4v) is 2.65. The van der Waals surface area contributed by atoms with E-state index in [0.717, 1.165) is 28.9 Å². The number of carbonyl (C=O) groups is 1. The van der Waals surface area contributed by atoms with Gasteiger partial charge in [0.1, 0.15) is 24.7 Å². The Hall–Kier alpha value is -3.09. The smallest absolute Gasteiger partial charge is 0.339 e. The topological polar surface area (TPSA) is 75.5 Å². The molecule has 0 amide bonds. The van der Waals surface area contributed by atoms with Crippen LogP contribution in [0.2, 0.25) is 0 Å². The summed E-state index contributed by atoms with van der Waals surface area (Å²) in [5.74, 6) is 1.08. The summed E-state index contributed by atoms with van der Waals surface area (Å²) < 4.78 is 18.1. The van der Waals surface area contributed by atoms with Gasteiger partial charge in [0.15, 0.2) is 5.65 Å². The second-order valence-electron chi connectivity index (χ2n) is 6.11. The van der Waals surface area contributed by atoms with Gasteiger partial charge in [-0.15, -0.1) is 0 Å². The van der Waals surface area contributed by atoms with Crippen molar-refractivity contribution >= 4 is 17.0 Å². The molecule has 142 valence electrons. The molecule has 7 heteroatoms. The van der Waals surface area contributed by atoms with Crippen LogP contribution >= 0.6 is 0 Å². The SMILES string of the molecule is CCCOc1ccc(OCCOC(=O)c2cnc3c(c2)c(C)nn3C)cc1. The summed E-state index contributed by atoms with van der Waals surface area (Å²) in [4.78, 5) is 16.5. The first kappa shape index (κ1) is 18.7. The molecule has 0 atom stereocenters. The largest absolute Gasteiger partial charge is 0.494 e. The van der Waals surface area contributed by atoms with Crippen molar-refractivity contribution in [2.45, 2.75) is 20.3 Å². The molecule has 7 nitrogen and oxygen atoms in total. The molecule has 0 N–H and O–H groups in total. The molecule has 0 bridgehead atoms. The number of ether oxygens (including phenoxy) is 3. The summed E-state index contributed by atoms with van der Waals surface area (Å²) in [6, 6.07) is 9.12. The van der Waals surface area contributed by atoms with Gasteiger partial charge in [-0.05, 0) is 43.7 Å². The predicted octanol–water partition coefficient (Wildman–Crippen LogP) is 3.30. The minimum absolute atomic E-state index is 0.150. The first-order valence-electron chi connectivity index (χ1n) is 8.90. The lowest BCUT2D eigenvalue weighted by molar-refractivity contribution is 0.0450. The van der Waals surface area contributed by atoms with E-state index in [1.54, 1.807) is 10.7 Å². The van der Waals surface area contributed by atoms with Gasteiger partial charge < -0.3 is 14.2 Å². The molecule has 3 rings (SSSR count). The highest BCUT2D eigenvalue weighted by Crippen LogP contribution is 2.18. The Balaban J connectivity index is 1.49. The number of carbonyl (C=O) groups excluding carboxylic acids is 1. The first-order valence-corrected chi connectivity index (χ1v) is 8.90. The molecular formula is C20H23N3O4. The van der Waals surface area contributed by atoms with E-state index in [9.17, 15) is 4.79 Å². The molecule has 1 aromatic carbocycles. The van der Waals surface area contributed by atoms with E-state index < -0.39 is 5.97 Å². The fraction of sp³-hybridized carbons (Fsp3) is 0.350. The fourth-order valence-electron chi connectivity index (χ4n) is 2.65. The second kappa shape index (κ2) is 8.53. The second-order valence-corrected chi connectivity index (χ2v) is 6.11. The standard InChI is InChI=1S/C20H23N3O4/c1-4-9-25-16-5-7-17(8-6-16)26-10-11-27-20(24)15-12-18-14(2)22-23(3)19(18)21-13-15/h5-8,12-13H,4,9-11H2,1-3H3. The van der Waals surface area contributed by atoms with E-state index in [1.165, 1.54) is 6.20 Å². The zero-order chi connectivity index (χ0) is 19.2. The summed E-state index contributed by atoms with van der Waals surface area (Å²) in [7, 11) is 1.82. The van der Waals surface area contributed by atoms with Gasteiger partial charge in [0.05, 0.1) is 17.9 Å². The van der Waals surface area contributed by atoms with E-state index in [-0.39, 0.29) is 13.2 Å².